The zero-order chi connectivity index (χ0) is 39.5. The first kappa shape index (κ1) is 44.6. The second-order valence-electron chi connectivity index (χ2n) is 13.5. The normalized spacial score (nSPS) is 17.2. The Labute approximate surface area is 352 Å². The van der Waals surface area contributed by atoms with Crippen molar-refractivity contribution in [2.45, 2.75) is 47.8 Å². The molecule has 8 rings (SSSR count). The molecule has 2 aliphatic heterocycles. The van der Waals surface area contributed by atoms with Crippen molar-refractivity contribution in [3.63, 3.8) is 0 Å². The molecular weight excluding hydrogens is 848 g/mol. The van der Waals surface area contributed by atoms with Gasteiger partial charge in [-0.3, -0.25) is 19.6 Å². The van der Waals surface area contributed by atoms with Crippen molar-refractivity contribution >= 4 is 89.1 Å². The van der Waals surface area contributed by atoms with E-state index in [0.29, 0.717) is 56.0 Å². The Morgan fingerprint density at radius 3 is 1.69 bits per heavy atom. The summed E-state index contributed by atoms with van der Waals surface area (Å²) in [5.74, 6) is -0.310. The number of sulfonamides is 2. The number of halogens is 2. The number of nitrogens with two attached hydrogens (primary N) is 2. The highest BCUT2D eigenvalue weighted by Gasteiger charge is 2.32. The van der Waals surface area contributed by atoms with Crippen LogP contribution in [-0.4, -0.2) is 85.5 Å². The van der Waals surface area contributed by atoms with Crippen LogP contribution < -0.4 is 22.1 Å². The van der Waals surface area contributed by atoms with Gasteiger partial charge in [-0.1, -0.05) is 24.3 Å². The summed E-state index contributed by atoms with van der Waals surface area (Å²) < 4.78 is 59.7. The van der Waals surface area contributed by atoms with Crippen molar-refractivity contribution < 1.29 is 30.8 Å². The molecule has 6 aromatic rings. The van der Waals surface area contributed by atoms with Gasteiger partial charge in [0.2, 0.25) is 20.0 Å². The molecule has 2 atom stereocenters. The predicted molar refractivity (Wildman–Crippen MR) is 226 cm³/mol. The molecule has 0 saturated carbocycles. The molecule has 0 radical (unpaired) electrons. The lowest BCUT2D eigenvalue weighted by atomic mass is 10.2. The van der Waals surface area contributed by atoms with Crippen LogP contribution in [0.25, 0.3) is 21.1 Å². The molecule has 4 aromatic heterocycles. The minimum atomic E-state index is -3.53. The van der Waals surface area contributed by atoms with Gasteiger partial charge >= 0.3 is 0 Å². The van der Waals surface area contributed by atoms with Gasteiger partial charge in [0.05, 0.1) is 25.6 Å². The second-order valence-corrected chi connectivity index (χ2v) is 18.5. The Morgan fingerprint density at radius 1 is 0.707 bits per heavy atom. The fraction of sp³-hybridized carbons (Fsp3) is 0.263. The van der Waals surface area contributed by atoms with Gasteiger partial charge < -0.3 is 26.5 Å². The standard InChI is InChI=1S/C19H20N4O4S.C19H20N4O3S2.2ClH/c2*20-15-6-8-23(12-15)28(25,26)16-3-1-13(2-4-16)10-22-19(24)17-9-14-5-7-21-11-18(14)27-17;;/h2*1-5,7,9,11,15H,6,8,10,12,20H2,(H,22,24);2*1H. The molecule has 58 heavy (non-hydrogen) atoms. The van der Waals surface area contributed by atoms with Gasteiger partial charge in [0.1, 0.15) is 0 Å². The monoisotopic (exact) mass is 888 g/mol. The Kier molecular flexibility index (Phi) is 14.6. The Hall–Kier alpha value is -4.50. The van der Waals surface area contributed by atoms with Gasteiger partial charge in [0.15, 0.2) is 11.3 Å². The van der Waals surface area contributed by atoms with E-state index in [1.54, 1.807) is 85.5 Å². The van der Waals surface area contributed by atoms with Gasteiger partial charge in [-0.2, -0.15) is 8.61 Å². The number of thiophene rings is 1. The summed E-state index contributed by atoms with van der Waals surface area (Å²) in [6, 6.07) is 20.0. The Morgan fingerprint density at radius 2 is 1.21 bits per heavy atom. The number of nitrogens with zero attached hydrogens (tertiary/aromatic N) is 4. The van der Waals surface area contributed by atoms with Crippen LogP contribution in [0.5, 0.6) is 0 Å². The fourth-order valence-electron chi connectivity index (χ4n) is 6.33. The third-order valence-electron chi connectivity index (χ3n) is 9.50. The molecule has 2 amide bonds. The summed E-state index contributed by atoms with van der Waals surface area (Å²) in [5, 5.41) is 7.43. The summed E-state index contributed by atoms with van der Waals surface area (Å²) in [5.41, 5.74) is 13.8. The molecule has 2 aliphatic rings. The number of aromatic nitrogens is 2. The highest BCUT2D eigenvalue weighted by Crippen LogP contribution is 2.25. The number of carbonyl (C=O) groups excluding carboxylic acids is 2. The smallest absolute Gasteiger partial charge is 0.287 e. The van der Waals surface area contributed by atoms with E-state index in [1.807, 2.05) is 12.1 Å². The largest absolute Gasteiger partial charge is 0.449 e. The number of carbonyl (C=O) groups is 2. The van der Waals surface area contributed by atoms with Crippen molar-refractivity contribution in [3.05, 3.63) is 119 Å². The molecule has 2 fully saturated rings. The van der Waals surface area contributed by atoms with Crippen LogP contribution in [-0.2, 0) is 33.1 Å². The van der Waals surface area contributed by atoms with Gasteiger partial charge in [-0.15, -0.1) is 36.2 Å². The van der Waals surface area contributed by atoms with Gasteiger partial charge in [0.25, 0.3) is 11.8 Å². The number of pyridine rings is 2. The number of nitrogens with one attached hydrogen (secondary N) is 2. The van der Waals surface area contributed by atoms with E-state index in [4.69, 9.17) is 15.9 Å². The third-order valence-corrected chi connectivity index (χ3v) is 14.3. The molecule has 2 saturated heterocycles. The van der Waals surface area contributed by atoms with E-state index < -0.39 is 20.0 Å². The lowest BCUT2D eigenvalue weighted by Crippen LogP contribution is -2.32. The lowest BCUT2D eigenvalue weighted by Gasteiger charge is -2.16. The van der Waals surface area contributed by atoms with Crippen LogP contribution in [0.2, 0.25) is 0 Å². The van der Waals surface area contributed by atoms with Crippen LogP contribution in [0, 0.1) is 0 Å². The number of amides is 2. The highest BCUT2D eigenvalue weighted by atomic mass is 35.5. The molecule has 2 aromatic carbocycles. The molecule has 6 N–H and O–H groups in total. The topological polar surface area (TPSA) is 224 Å². The summed E-state index contributed by atoms with van der Waals surface area (Å²) in [7, 11) is -7.05. The van der Waals surface area contributed by atoms with E-state index in [1.165, 1.54) is 19.9 Å². The summed E-state index contributed by atoms with van der Waals surface area (Å²) in [6.45, 7) is 2.15. The van der Waals surface area contributed by atoms with E-state index >= 15 is 0 Å². The summed E-state index contributed by atoms with van der Waals surface area (Å²) in [4.78, 5) is 33.8. The first-order chi connectivity index (χ1) is 26.9. The minimum absolute atomic E-state index is 0. The van der Waals surface area contributed by atoms with Crippen molar-refractivity contribution in [2.24, 2.45) is 11.5 Å². The predicted octanol–water partition coefficient (Wildman–Crippen LogP) is 4.27. The number of rotatable bonds is 10. The minimum Gasteiger partial charge on any atom is -0.449 e. The molecule has 0 bridgehead atoms. The molecule has 0 aliphatic carbocycles. The third kappa shape index (κ3) is 10.2. The summed E-state index contributed by atoms with van der Waals surface area (Å²) >= 11 is 1.39. The maximum atomic E-state index is 12.6. The van der Waals surface area contributed by atoms with E-state index in [0.717, 1.165) is 26.6 Å². The van der Waals surface area contributed by atoms with Crippen molar-refractivity contribution in [2.75, 3.05) is 26.2 Å². The van der Waals surface area contributed by atoms with Crippen molar-refractivity contribution in [1.82, 2.24) is 29.2 Å². The lowest BCUT2D eigenvalue weighted by molar-refractivity contribution is 0.0923. The molecule has 6 heterocycles. The summed E-state index contributed by atoms with van der Waals surface area (Å²) in [6.07, 6.45) is 7.97. The van der Waals surface area contributed by atoms with Crippen molar-refractivity contribution in [1.29, 1.82) is 0 Å². The average molecular weight is 890 g/mol. The zero-order valence-electron chi connectivity index (χ0n) is 30.9. The van der Waals surface area contributed by atoms with Crippen molar-refractivity contribution in [3.8, 4) is 0 Å². The SMILES string of the molecule is Cl.Cl.NC1CCN(S(=O)(=O)c2ccc(CNC(=O)c3cc4ccncc4o3)cc2)C1.NC1CCN(S(=O)(=O)c2ccc(CNC(=O)c3cc4ccncc4s3)cc2)C1. The maximum absolute atomic E-state index is 12.6. The number of hydrogen-bond donors (Lipinski definition) is 4. The maximum Gasteiger partial charge on any atom is 0.287 e. The van der Waals surface area contributed by atoms with Gasteiger partial charge in [-0.25, -0.2) is 16.8 Å². The van der Waals surface area contributed by atoms with Gasteiger partial charge in [0, 0.05) is 75.3 Å². The zero-order valence-corrected chi connectivity index (χ0v) is 35.0. The van der Waals surface area contributed by atoms with Gasteiger partial charge in [-0.05, 0) is 77.9 Å². The van der Waals surface area contributed by atoms with Crippen LogP contribution >= 0.6 is 36.2 Å². The van der Waals surface area contributed by atoms with Crippen LogP contribution in [0.15, 0.2) is 112 Å². The first-order valence-electron chi connectivity index (χ1n) is 17.8. The molecule has 2 unspecified atom stereocenters. The van der Waals surface area contributed by atoms with E-state index in [-0.39, 0.29) is 70.8 Å². The number of hydrogen-bond acceptors (Lipinski definition) is 12. The number of benzene rings is 2. The Bertz CT molecular complexity index is 2340. The quantitative estimate of drug-likeness (QED) is 0.152. The molecule has 0 spiro atoms. The Balaban J connectivity index is 0.000000214. The molecule has 308 valence electrons. The fourth-order valence-corrected chi connectivity index (χ4v) is 10.3. The second kappa shape index (κ2) is 19.0. The van der Waals surface area contributed by atoms with E-state index in [2.05, 4.69) is 20.6 Å². The molecule has 20 heteroatoms. The number of fused-ring (bicyclic) bond motifs is 2. The van der Waals surface area contributed by atoms with Crippen LogP contribution in [0.1, 0.15) is 44.2 Å². The van der Waals surface area contributed by atoms with E-state index in [9.17, 15) is 26.4 Å². The average Bonchev–Trinajstić information content (AvgIpc) is 4.03. The van der Waals surface area contributed by atoms with Crippen LogP contribution in [0.3, 0.4) is 0 Å². The molecule has 15 nitrogen and oxygen atoms in total. The number of furan rings is 1. The first-order valence-corrected chi connectivity index (χ1v) is 21.5. The highest BCUT2D eigenvalue weighted by molar-refractivity contribution is 7.89. The van der Waals surface area contributed by atoms with Crippen LogP contribution in [0.4, 0.5) is 0 Å². The molecular formula is C38H42Cl2N8O7S3.